The molecular weight excluding hydrogens is 584 g/mol. The van der Waals surface area contributed by atoms with E-state index in [0.717, 1.165) is 57.0 Å². The molecule has 0 aromatic heterocycles. The molecule has 0 fully saturated rings. The van der Waals surface area contributed by atoms with Crippen molar-refractivity contribution >= 4 is 11.9 Å². The van der Waals surface area contributed by atoms with E-state index in [9.17, 15) is 9.59 Å². The van der Waals surface area contributed by atoms with Gasteiger partial charge < -0.3 is 28.4 Å². The highest BCUT2D eigenvalue weighted by Gasteiger charge is 2.13. The first kappa shape index (κ1) is 33.7. The standard InChI is InChI=1S/C38H38O8/c1-3-37(39)45-25-21-41-19-23-43-35-17-15-31(27-33(35)29-11-7-5-8-12-29)32-16-18-36(34(28-32)30-13-9-6-10-14-30)44-24-20-42-22-26-46-38(40)4-2/h3-18,27-28H,1-2,19-26H2. The van der Waals surface area contributed by atoms with E-state index in [-0.39, 0.29) is 26.4 Å². The maximum Gasteiger partial charge on any atom is 0.330 e. The first-order valence-electron chi connectivity index (χ1n) is 15.0. The highest BCUT2D eigenvalue weighted by molar-refractivity contribution is 5.82. The second-order valence-corrected chi connectivity index (χ2v) is 9.82. The zero-order valence-electron chi connectivity index (χ0n) is 25.7. The van der Waals surface area contributed by atoms with Crippen LogP contribution in [0.5, 0.6) is 11.5 Å². The summed E-state index contributed by atoms with van der Waals surface area (Å²) in [6.07, 6.45) is 2.24. The van der Waals surface area contributed by atoms with Gasteiger partial charge in [-0.3, -0.25) is 0 Å². The zero-order chi connectivity index (χ0) is 32.4. The molecule has 0 amide bonds. The Morgan fingerprint density at radius 2 is 0.870 bits per heavy atom. The summed E-state index contributed by atoms with van der Waals surface area (Å²) < 4.78 is 33.2. The molecule has 4 rings (SSSR count). The summed E-state index contributed by atoms with van der Waals surface area (Å²) in [7, 11) is 0. The number of esters is 2. The number of hydrogen-bond donors (Lipinski definition) is 0. The van der Waals surface area contributed by atoms with Gasteiger partial charge in [0.15, 0.2) is 0 Å². The largest absolute Gasteiger partial charge is 0.491 e. The molecule has 0 spiro atoms. The molecule has 0 saturated carbocycles. The lowest BCUT2D eigenvalue weighted by Gasteiger charge is -2.16. The molecule has 238 valence electrons. The van der Waals surface area contributed by atoms with Crippen molar-refractivity contribution in [3.8, 4) is 44.9 Å². The van der Waals surface area contributed by atoms with Crippen LogP contribution in [0.15, 0.2) is 122 Å². The van der Waals surface area contributed by atoms with Gasteiger partial charge in [0, 0.05) is 23.3 Å². The Morgan fingerprint density at radius 3 is 1.26 bits per heavy atom. The number of rotatable bonds is 19. The molecule has 0 atom stereocenters. The molecule has 8 nitrogen and oxygen atoms in total. The molecule has 4 aromatic rings. The van der Waals surface area contributed by atoms with E-state index in [4.69, 9.17) is 28.4 Å². The summed E-state index contributed by atoms with van der Waals surface area (Å²) in [6, 6.07) is 32.4. The minimum Gasteiger partial charge on any atom is -0.491 e. The maximum absolute atomic E-state index is 11.2. The van der Waals surface area contributed by atoms with E-state index in [0.29, 0.717) is 26.4 Å². The average Bonchev–Trinajstić information content (AvgIpc) is 3.11. The number of carbonyl (C=O) groups is 2. The van der Waals surface area contributed by atoms with Gasteiger partial charge >= 0.3 is 11.9 Å². The molecule has 46 heavy (non-hydrogen) atoms. The zero-order valence-corrected chi connectivity index (χ0v) is 25.7. The van der Waals surface area contributed by atoms with Crippen LogP contribution < -0.4 is 9.47 Å². The number of hydrogen-bond acceptors (Lipinski definition) is 8. The lowest BCUT2D eigenvalue weighted by atomic mass is 9.95. The average molecular weight is 623 g/mol. The lowest BCUT2D eigenvalue weighted by Crippen LogP contribution is -2.12. The van der Waals surface area contributed by atoms with Crippen molar-refractivity contribution in [1.82, 2.24) is 0 Å². The molecule has 0 heterocycles. The molecule has 0 radical (unpaired) electrons. The van der Waals surface area contributed by atoms with Gasteiger partial charge in [-0.15, -0.1) is 0 Å². The first-order valence-corrected chi connectivity index (χ1v) is 15.0. The normalized spacial score (nSPS) is 10.5. The van der Waals surface area contributed by atoms with Gasteiger partial charge in [0.2, 0.25) is 0 Å². The number of benzene rings is 4. The second-order valence-electron chi connectivity index (χ2n) is 9.82. The minimum absolute atomic E-state index is 0.159. The summed E-state index contributed by atoms with van der Waals surface area (Å²) in [6.45, 7) is 8.97. The van der Waals surface area contributed by atoms with Gasteiger partial charge in [-0.05, 0) is 46.5 Å². The summed E-state index contributed by atoms with van der Waals surface area (Å²) in [5.74, 6) is 0.522. The third-order valence-electron chi connectivity index (χ3n) is 6.71. The monoisotopic (exact) mass is 622 g/mol. The van der Waals surface area contributed by atoms with Crippen molar-refractivity contribution in [1.29, 1.82) is 0 Å². The summed E-state index contributed by atoms with van der Waals surface area (Å²) in [5.41, 5.74) is 6.00. The third-order valence-corrected chi connectivity index (χ3v) is 6.71. The molecule has 4 aromatic carbocycles. The Hall–Kier alpha value is -5.18. The van der Waals surface area contributed by atoms with Crippen LogP contribution in [0.2, 0.25) is 0 Å². The highest BCUT2D eigenvalue weighted by atomic mass is 16.6. The van der Waals surface area contributed by atoms with E-state index < -0.39 is 11.9 Å². The Balaban J connectivity index is 1.47. The smallest absolute Gasteiger partial charge is 0.330 e. The fourth-order valence-electron chi connectivity index (χ4n) is 4.50. The quantitative estimate of drug-likeness (QED) is 0.0632. The van der Waals surface area contributed by atoms with Crippen LogP contribution in [-0.4, -0.2) is 64.8 Å². The predicted molar refractivity (Wildman–Crippen MR) is 178 cm³/mol. The predicted octanol–water partition coefficient (Wildman–Crippen LogP) is 6.94. The van der Waals surface area contributed by atoms with Crippen molar-refractivity contribution in [3.63, 3.8) is 0 Å². The lowest BCUT2D eigenvalue weighted by molar-refractivity contribution is -0.140. The molecule has 0 saturated heterocycles. The van der Waals surface area contributed by atoms with Gasteiger partial charge in [-0.25, -0.2) is 9.59 Å². The Morgan fingerprint density at radius 1 is 0.478 bits per heavy atom. The Bertz CT molecular complexity index is 1450. The van der Waals surface area contributed by atoms with Crippen LogP contribution in [0.4, 0.5) is 0 Å². The van der Waals surface area contributed by atoms with Crippen molar-refractivity contribution in [3.05, 3.63) is 122 Å². The van der Waals surface area contributed by atoms with E-state index in [1.165, 1.54) is 0 Å². The fourth-order valence-corrected chi connectivity index (χ4v) is 4.50. The number of ether oxygens (including phenoxy) is 6. The van der Waals surface area contributed by atoms with Crippen LogP contribution in [-0.2, 0) is 28.5 Å². The topological polar surface area (TPSA) is 89.5 Å². The van der Waals surface area contributed by atoms with E-state index >= 15 is 0 Å². The van der Waals surface area contributed by atoms with E-state index in [2.05, 4.69) is 25.3 Å². The third kappa shape index (κ3) is 10.5. The minimum atomic E-state index is -0.475. The van der Waals surface area contributed by atoms with Gasteiger partial charge in [0.05, 0.1) is 26.4 Å². The SMILES string of the molecule is C=CC(=O)OCCOCCOc1ccc(-c2ccc(OCCOCCOC(=O)C=C)c(-c3ccccc3)c2)cc1-c1ccccc1. The Kier molecular flexibility index (Phi) is 13.6. The molecule has 8 heteroatoms. The fraction of sp³-hybridized carbons (Fsp3) is 0.211. The van der Waals surface area contributed by atoms with Crippen LogP contribution >= 0.6 is 0 Å². The molecular formula is C38H38O8. The molecule has 0 unspecified atom stereocenters. The maximum atomic E-state index is 11.2. The van der Waals surface area contributed by atoms with Crippen molar-refractivity contribution in [2.24, 2.45) is 0 Å². The summed E-state index contributed by atoms with van der Waals surface area (Å²) in [4.78, 5) is 22.3. The van der Waals surface area contributed by atoms with Crippen LogP contribution in [0.3, 0.4) is 0 Å². The van der Waals surface area contributed by atoms with Crippen molar-refractivity contribution in [2.45, 2.75) is 0 Å². The van der Waals surface area contributed by atoms with Crippen LogP contribution in [0, 0.1) is 0 Å². The molecule has 0 aliphatic rings. The van der Waals surface area contributed by atoms with Crippen LogP contribution in [0.1, 0.15) is 0 Å². The Labute approximate surface area is 269 Å². The summed E-state index contributed by atoms with van der Waals surface area (Å²) >= 11 is 0. The van der Waals surface area contributed by atoms with Gasteiger partial charge in [-0.2, -0.15) is 0 Å². The number of carbonyl (C=O) groups excluding carboxylic acids is 2. The molecule has 0 bridgehead atoms. The molecule has 0 aliphatic carbocycles. The first-order chi connectivity index (χ1) is 22.6. The molecule has 0 N–H and O–H groups in total. The van der Waals surface area contributed by atoms with Crippen molar-refractivity contribution < 1.29 is 38.0 Å². The second kappa shape index (κ2) is 18.6. The van der Waals surface area contributed by atoms with Gasteiger partial charge in [0.25, 0.3) is 0 Å². The van der Waals surface area contributed by atoms with Gasteiger partial charge in [-0.1, -0.05) is 86.0 Å². The molecule has 0 aliphatic heterocycles. The van der Waals surface area contributed by atoms with Gasteiger partial charge in [0.1, 0.15) is 37.9 Å². The van der Waals surface area contributed by atoms with E-state index in [1.54, 1.807) is 0 Å². The van der Waals surface area contributed by atoms with E-state index in [1.807, 2.05) is 84.9 Å². The highest BCUT2D eigenvalue weighted by Crippen LogP contribution is 2.38. The summed E-state index contributed by atoms with van der Waals surface area (Å²) in [5, 5.41) is 0. The van der Waals surface area contributed by atoms with Crippen LogP contribution in [0.25, 0.3) is 33.4 Å². The van der Waals surface area contributed by atoms with Crippen molar-refractivity contribution in [2.75, 3.05) is 52.9 Å².